The van der Waals surface area contributed by atoms with Crippen molar-refractivity contribution < 1.29 is 13.2 Å². The van der Waals surface area contributed by atoms with Gasteiger partial charge < -0.3 is 15.5 Å². The van der Waals surface area contributed by atoms with E-state index in [2.05, 4.69) is 20.3 Å². The maximum absolute atomic E-state index is 12.3. The van der Waals surface area contributed by atoms with Crippen molar-refractivity contribution in [3.05, 3.63) is 35.4 Å². The Morgan fingerprint density at radius 3 is 2.57 bits per heavy atom. The highest BCUT2D eigenvalue weighted by Gasteiger charge is 2.19. The summed E-state index contributed by atoms with van der Waals surface area (Å²) in [7, 11) is -3.40. The van der Waals surface area contributed by atoms with Crippen LogP contribution < -0.4 is 15.4 Å². The third kappa shape index (κ3) is 8.31. The van der Waals surface area contributed by atoms with Crippen LogP contribution in [0.25, 0.3) is 0 Å². The number of aliphatic imine (C=N–C) groups is 1. The molecular weight excluding hydrogens is 402 g/mol. The first-order chi connectivity index (χ1) is 14.3. The third-order valence-electron chi connectivity index (χ3n) is 4.70. The number of carbonyl (C=O) groups excluding carboxylic acids is 1. The van der Waals surface area contributed by atoms with Gasteiger partial charge in [0.2, 0.25) is 15.9 Å². The summed E-state index contributed by atoms with van der Waals surface area (Å²) in [6.07, 6.45) is 2.48. The van der Waals surface area contributed by atoms with Crippen molar-refractivity contribution in [3.63, 3.8) is 0 Å². The molecule has 8 nitrogen and oxygen atoms in total. The molecule has 0 saturated carbocycles. The molecule has 3 N–H and O–H groups in total. The number of sulfonamides is 1. The first-order valence-corrected chi connectivity index (χ1v) is 12.3. The van der Waals surface area contributed by atoms with Crippen LogP contribution in [0.5, 0.6) is 0 Å². The molecule has 1 fully saturated rings. The average molecular weight is 438 g/mol. The number of carbonyl (C=O) groups is 1. The fourth-order valence-electron chi connectivity index (χ4n) is 3.38. The van der Waals surface area contributed by atoms with Gasteiger partial charge in [0.15, 0.2) is 5.96 Å². The van der Waals surface area contributed by atoms with E-state index < -0.39 is 10.0 Å². The molecule has 0 spiro atoms. The van der Waals surface area contributed by atoms with Crippen molar-refractivity contribution in [2.24, 2.45) is 4.99 Å². The molecule has 0 aromatic heterocycles. The minimum Gasteiger partial charge on any atom is -0.357 e. The van der Waals surface area contributed by atoms with Gasteiger partial charge in [-0.05, 0) is 44.7 Å². The highest BCUT2D eigenvalue weighted by Crippen LogP contribution is 2.14. The number of hydrogen-bond donors (Lipinski definition) is 3. The summed E-state index contributed by atoms with van der Waals surface area (Å²) in [5.74, 6) is 0.863. The molecule has 9 heteroatoms. The Kier molecular flexibility index (Phi) is 9.58. The smallest absolute Gasteiger partial charge is 0.222 e. The van der Waals surface area contributed by atoms with Crippen molar-refractivity contribution in [1.29, 1.82) is 0 Å². The van der Waals surface area contributed by atoms with Gasteiger partial charge in [0.1, 0.15) is 0 Å². The monoisotopic (exact) mass is 437 g/mol. The second-order valence-corrected chi connectivity index (χ2v) is 9.51. The van der Waals surface area contributed by atoms with Crippen LogP contribution in [0.3, 0.4) is 0 Å². The van der Waals surface area contributed by atoms with Crippen molar-refractivity contribution in [2.75, 3.05) is 26.2 Å². The van der Waals surface area contributed by atoms with Crippen molar-refractivity contribution in [2.45, 2.75) is 58.4 Å². The van der Waals surface area contributed by atoms with Crippen LogP contribution in [0.4, 0.5) is 0 Å². The van der Waals surface area contributed by atoms with Gasteiger partial charge in [0, 0.05) is 38.6 Å². The molecule has 1 saturated heterocycles. The normalized spacial score (nSPS) is 15.1. The topological polar surface area (TPSA) is 103 Å². The molecule has 1 aromatic carbocycles. The lowest BCUT2D eigenvalue weighted by Crippen LogP contribution is -2.39. The van der Waals surface area contributed by atoms with E-state index >= 15 is 0 Å². The van der Waals surface area contributed by atoms with Gasteiger partial charge in [-0.2, -0.15) is 0 Å². The maximum Gasteiger partial charge on any atom is 0.222 e. The predicted octanol–water partition coefficient (Wildman–Crippen LogP) is 1.58. The van der Waals surface area contributed by atoms with Gasteiger partial charge in [-0.25, -0.2) is 18.1 Å². The highest BCUT2D eigenvalue weighted by molar-refractivity contribution is 7.88. The molecule has 1 heterocycles. The Morgan fingerprint density at radius 1 is 1.20 bits per heavy atom. The van der Waals surface area contributed by atoms with Gasteiger partial charge in [-0.15, -0.1) is 0 Å². The van der Waals surface area contributed by atoms with Crippen LogP contribution in [-0.4, -0.2) is 57.4 Å². The fourth-order valence-corrected chi connectivity index (χ4v) is 4.87. The molecule has 0 radical (unpaired) electrons. The molecule has 1 aliphatic rings. The number of rotatable bonds is 11. The summed E-state index contributed by atoms with van der Waals surface area (Å²) in [5.41, 5.74) is 1.63. The lowest BCUT2D eigenvalue weighted by atomic mass is 10.1. The van der Waals surface area contributed by atoms with Crippen LogP contribution >= 0.6 is 0 Å². The highest BCUT2D eigenvalue weighted by atomic mass is 32.2. The molecule has 1 amide bonds. The van der Waals surface area contributed by atoms with E-state index in [0.717, 1.165) is 43.6 Å². The van der Waals surface area contributed by atoms with Gasteiger partial charge in [0.25, 0.3) is 0 Å². The quantitative estimate of drug-likeness (QED) is 0.277. The number of hydrogen-bond acceptors (Lipinski definition) is 4. The van der Waals surface area contributed by atoms with Crippen LogP contribution in [0.15, 0.2) is 29.3 Å². The fraction of sp³-hybridized carbons (Fsp3) is 0.619. The zero-order chi connectivity index (χ0) is 22.0. The Labute approximate surface area is 180 Å². The van der Waals surface area contributed by atoms with E-state index in [1.54, 1.807) is 0 Å². The molecule has 168 valence electrons. The summed E-state index contributed by atoms with van der Waals surface area (Å²) in [6, 6.07) is 7.34. The lowest BCUT2D eigenvalue weighted by molar-refractivity contribution is -0.127. The van der Waals surface area contributed by atoms with Crippen LogP contribution in [0.2, 0.25) is 0 Å². The first kappa shape index (κ1) is 24.1. The minimum atomic E-state index is -3.40. The van der Waals surface area contributed by atoms with Crippen molar-refractivity contribution in [3.8, 4) is 0 Å². The average Bonchev–Trinajstić information content (AvgIpc) is 3.07. The van der Waals surface area contributed by atoms with E-state index in [1.807, 2.05) is 49.9 Å². The summed E-state index contributed by atoms with van der Waals surface area (Å²) in [6.45, 7) is 9.05. The number of amides is 1. The van der Waals surface area contributed by atoms with Crippen LogP contribution in [0.1, 0.15) is 51.2 Å². The zero-order valence-electron chi connectivity index (χ0n) is 18.3. The molecule has 30 heavy (non-hydrogen) atoms. The van der Waals surface area contributed by atoms with Gasteiger partial charge >= 0.3 is 0 Å². The van der Waals surface area contributed by atoms with Crippen LogP contribution in [0, 0.1) is 0 Å². The molecule has 0 atom stereocenters. The molecule has 1 aliphatic heterocycles. The molecule has 0 aliphatic carbocycles. The number of likely N-dealkylation sites (tertiary alicyclic amines) is 1. The van der Waals surface area contributed by atoms with Crippen molar-refractivity contribution >= 4 is 21.9 Å². The van der Waals surface area contributed by atoms with E-state index in [-0.39, 0.29) is 17.7 Å². The zero-order valence-corrected chi connectivity index (χ0v) is 19.1. The van der Waals surface area contributed by atoms with Gasteiger partial charge in [0.05, 0.1) is 12.3 Å². The van der Waals surface area contributed by atoms with E-state index in [1.165, 1.54) is 0 Å². The Balaban J connectivity index is 1.94. The summed E-state index contributed by atoms with van der Waals surface area (Å²) >= 11 is 0. The predicted molar refractivity (Wildman–Crippen MR) is 121 cm³/mol. The number of guanidine groups is 1. The van der Waals surface area contributed by atoms with Crippen LogP contribution in [-0.2, 0) is 27.1 Å². The number of benzene rings is 1. The third-order valence-corrected chi connectivity index (χ3v) is 6.22. The Bertz CT molecular complexity index is 824. The van der Waals surface area contributed by atoms with Gasteiger partial charge in [-0.1, -0.05) is 24.3 Å². The van der Waals surface area contributed by atoms with E-state index in [0.29, 0.717) is 25.5 Å². The summed E-state index contributed by atoms with van der Waals surface area (Å²) < 4.78 is 27.2. The maximum atomic E-state index is 12.3. The minimum absolute atomic E-state index is 0.0648. The molecule has 0 unspecified atom stereocenters. The summed E-state index contributed by atoms with van der Waals surface area (Å²) in [4.78, 5) is 18.2. The molecule has 1 aromatic rings. The SMILES string of the molecule is CCNC(=NCc1ccccc1CS(=O)(=O)NC(C)C)NCCCN1CCCC1=O. The second-order valence-electron chi connectivity index (χ2n) is 7.76. The lowest BCUT2D eigenvalue weighted by Gasteiger charge is -2.16. The van der Waals surface area contributed by atoms with E-state index in [9.17, 15) is 13.2 Å². The molecule has 2 rings (SSSR count). The van der Waals surface area contributed by atoms with Gasteiger partial charge in [-0.3, -0.25) is 4.79 Å². The second kappa shape index (κ2) is 11.9. The first-order valence-electron chi connectivity index (χ1n) is 10.7. The standard InChI is InChI=1S/C21H35N5O3S/c1-4-22-21(23-12-8-14-26-13-7-11-20(26)27)24-15-18-9-5-6-10-19(18)16-30(28,29)25-17(2)3/h5-6,9-10,17,25H,4,7-8,11-16H2,1-3H3,(H2,22,23,24). The summed E-state index contributed by atoms with van der Waals surface area (Å²) in [5, 5.41) is 6.51. The largest absolute Gasteiger partial charge is 0.357 e. The molecular formula is C21H35N5O3S. The van der Waals surface area contributed by atoms with Crippen molar-refractivity contribution in [1.82, 2.24) is 20.3 Å². The van der Waals surface area contributed by atoms with E-state index in [4.69, 9.17) is 0 Å². The number of nitrogens with one attached hydrogen (secondary N) is 3. The Hall–Kier alpha value is -2.13. The number of nitrogens with zero attached hydrogens (tertiary/aromatic N) is 2. The Morgan fingerprint density at radius 2 is 1.93 bits per heavy atom. The molecule has 0 bridgehead atoms.